The van der Waals surface area contributed by atoms with E-state index in [0.717, 1.165) is 24.8 Å². The molecule has 1 fully saturated rings. The molecule has 2 rings (SSSR count). The summed E-state index contributed by atoms with van der Waals surface area (Å²) in [5.74, 6) is -0.772. The molecule has 0 amide bonds. The lowest BCUT2D eigenvalue weighted by atomic mass is 9.87. The lowest BCUT2D eigenvalue weighted by molar-refractivity contribution is -0.532. The number of unbranched alkanes of at least 4 members (excludes halogenated alkanes) is 2. The highest BCUT2D eigenvalue weighted by atomic mass is 16.6. The molecule has 0 radical (unpaired) electrons. The van der Waals surface area contributed by atoms with Crippen molar-refractivity contribution in [1.29, 1.82) is 0 Å². The van der Waals surface area contributed by atoms with E-state index in [1.165, 1.54) is 7.11 Å². The fraction of sp³-hybridized carbons (Fsp3) is 0.588. The van der Waals surface area contributed by atoms with Crippen molar-refractivity contribution in [3.8, 4) is 0 Å². The van der Waals surface area contributed by atoms with Gasteiger partial charge in [0.1, 0.15) is 12.1 Å². The molecule has 0 unspecified atom stereocenters. The number of ether oxygens (including phenoxy) is 1. The topological polar surface area (TPSA) is 81.5 Å². The maximum absolute atomic E-state index is 12.1. The third-order valence-electron chi connectivity index (χ3n) is 4.57. The second-order valence-corrected chi connectivity index (χ2v) is 5.99. The van der Waals surface area contributed by atoms with E-state index in [-0.39, 0.29) is 10.8 Å². The van der Waals surface area contributed by atoms with Gasteiger partial charge >= 0.3 is 5.97 Å². The van der Waals surface area contributed by atoms with Gasteiger partial charge in [-0.2, -0.15) is 0 Å². The number of carbonyl (C=O) groups is 1. The van der Waals surface area contributed by atoms with Gasteiger partial charge in [-0.1, -0.05) is 56.5 Å². The van der Waals surface area contributed by atoms with Gasteiger partial charge in [0, 0.05) is 4.92 Å². The number of nitrogens with one attached hydrogen (secondary N) is 1. The first-order valence-electron chi connectivity index (χ1n) is 8.12. The molecule has 0 aromatic heterocycles. The SMILES string of the molecule is CCCCC[C@H]1[C@H]([N+](=O)[O-])[C@@H](c2ccccc2)N[C@@H]1C(=O)OC. The van der Waals surface area contributed by atoms with E-state index < -0.39 is 24.1 Å². The highest BCUT2D eigenvalue weighted by Crippen LogP contribution is 2.37. The first kappa shape index (κ1) is 17.4. The lowest BCUT2D eigenvalue weighted by Crippen LogP contribution is -2.38. The molecular formula is C17H24N2O4. The molecule has 1 aromatic rings. The van der Waals surface area contributed by atoms with E-state index in [1.54, 1.807) is 0 Å². The van der Waals surface area contributed by atoms with Crippen LogP contribution in [0.15, 0.2) is 30.3 Å². The number of carbonyl (C=O) groups excluding carboxylic acids is 1. The van der Waals surface area contributed by atoms with Crippen molar-refractivity contribution < 1.29 is 14.5 Å². The van der Waals surface area contributed by atoms with Crippen molar-refractivity contribution in [1.82, 2.24) is 5.32 Å². The van der Waals surface area contributed by atoms with Crippen LogP contribution in [0.25, 0.3) is 0 Å². The number of nitrogens with zero attached hydrogens (tertiary/aromatic N) is 1. The van der Waals surface area contributed by atoms with Crippen LogP contribution in [-0.2, 0) is 9.53 Å². The van der Waals surface area contributed by atoms with Gasteiger partial charge in [0.15, 0.2) is 0 Å². The number of benzene rings is 1. The fourth-order valence-electron chi connectivity index (χ4n) is 3.43. The van der Waals surface area contributed by atoms with Gasteiger partial charge in [0.2, 0.25) is 6.04 Å². The number of rotatable bonds is 7. The Hall–Kier alpha value is -1.95. The van der Waals surface area contributed by atoms with Crippen molar-refractivity contribution in [2.45, 2.75) is 50.7 Å². The molecule has 23 heavy (non-hydrogen) atoms. The molecule has 1 aromatic carbocycles. The average Bonchev–Trinajstić information content (AvgIpc) is 2.95. The largest absolute Gasteiger partial charge is 0.468 e. The first-order valence-corrected chi connectivity index (χ1v) is 8.12. The van der Waals surface area contributed by atoms with Crippen LogP contribution in [0, 0.1) is 16.0 Å². The monoisotopic (exact) mass is 320 g/mol. The second kappa shape index (κ2) is 8.06. The number of nitro groups is 1. The number of hydrogen-bond donors (Lipinski definition) is 1. The van der Waals surface area contributed by atoms with Crippen LogP contribution >= 0.6 is 0 Å². The maximum Gasteiger partial charge on any atom is 0.323 e. The van der Waals surface area contributed by atoms with Crippen LogP contribution in [0.3, 0.4) is 0 Å². The van der Waals surface area contributed by atoms with Crippen LogP contribution in [0.5, 0.6) is 0 Å². The Kier molecular flexibility index (Phi) is 6.10. The summed E-state index contributed by atoms with van der Waals surface area (Å²) in [6, 6.07) is 7.37. The van der Waals surface area contributed by atoms with Gasteiger partial charge in [-0.05, 0) is 12.0 Å². The highest BCUT2D eigenvalue weighted by Gasteiger charge is 2.53. The lowest BCUT2D eigenvalue weighted by Gasteiger charge is -2.18. The molecule has 0 spiro atoms. The summed E-state index contributed by atoms with van der Waals surface area (Å²) in [5, 5.41) is 14.8. The predicted molar refractivity (Wildman–Crippen MR) is 86.5 cm³/mol. The second-order valence-electron chi connectivity index (χ2n) is 5.99. The van der Waals surface area contributed by atoms with Crippen molar-refractivity contribution in [2.24, 2.45) is 5.92 Å². The third kappa shape index (κ3) is 3.88. The van der Waals surface area contributed by atoms with Crippen LogP contribution in [0.2, 0.25) is 0 Å². The molecule has 126 valence electrons. The molecule has 4 atom stereocenters. The summed E-state index contributed by atoms with van der Waals surface area (Å²) in [7, 11) is 1.32. The minimum atomic E-state index is -0.821. The van der Waals surface area contributed by atoms with Crippen molar-refractivity contribution >= 4 is 5.97 Å². The van der Waals surface area contributed by atoms with E-state index in [4.69, 9.17) is 4.74 Å². The molecule has 1 saturated heterocycles. The molecule has 1 aliphatic heterocycles. The number of esters is 1. The highest BCUT2D eigenvalue weighted by molar-refractivity contribution is 5.76. The fourth-order valence-corrected chi connectivity index (χ4v) is 3.43. The van der Waals surface area contributed by atoms with Crippen LogP contribution in [-0.4, -0.2) is 30.1 Å². The van der Waals surface area contributed by atoms with Crippen LogP contribution < -0.4 is 5.32 Å². The molecule has 6 heteroatoms. The van der Waals surface area contributed by atoms with Crippen molar-refractivity contribution in [2.75, 3.05) is 7.11 Å². The summed E-state index contributed by atoms with van der Waals surface area (Å²) >= 11 is 0. The standard InChI is InChI=1S/C17H24N2O4/c1-3-4-6-11-13-15(17(20)23-2)18-14(16(13)19(21)22)12-9-7-5-8-10-12/h5,7-10,13-16,18H,3-4,6,11H2,1-2H3/t13-,14-,15+,16+/m1/s1. The molecule has 0 aliphatic carbocycles. The Labute approximate surface area is 136 Å². The molecule has 0 saturated carbocycles. The summed E-state index contributed by atoms with van der Waals surface area (Å²) in [5.41, 5.74) is 0.834. The van der Waals surface area contributed by atoms with Gasteiger partial charge in [0.25, 0.3) is 0 Å². The van der Waals surface area contributed by atoms with Gasteiger partial charge in [-0.15, -0.1) is 0 Å². The predicted octanol–water partition coefficient (Wildman–Crippen LogP) is 2.71. The molecule has 1 heterocycles. The van der Waals surface area contributed by atoms with Gasteiger partial charge in [0.05, 0.1) is 13.0 Å². The third-order valence-corrected chi connectivity index (χ3v) is 4.57. The molecular weight excluding hydrogens is 296 g/mol. The average molecular weight is 320 g/mol. The van der Waals surface area contributed by atoms with Gasteiger partial charge in [-0.3, -0.25) is 20.2 Å². The Balaban J connectivity index is 2.29. The Bertz CT molecular complexity index is 535. The summed E-state index contributed by atoms with van der Waals surface area (Å²) in [6.07, 6.45) is 3.57. The zero-order chi connectivity index (χ0) is 16.8. The zero-order valence-corrected chi connectivity index (χ0v) is 13.6. The van der Waals surface area contributed by atoms with E-state index in [9.17, 15) is 14.9 Å². The summed E-state index contributed by atoms with van der Waals surface area (Å²) in [4.78, 5) is 23.5. The zero-order valence-electron chi connectivity index (χ0n) is 13.6. The van der Waals surface area contributed by atoms with Crippen molar-refractivity contribution in [3.63, 3.8) is 0 Å². The minimum Gasteiger partial charge on any atom is -0.468 e. The minimum absolute atomic E-state index is 0.246. The van der Waals surface area contributed by atoms with Crippen molar-refractivity contribution in [3.05, 3.63) is 46.0 Å². The summed E-state index contributed by atoms with van der Waals surface area (Å²) < 4.78 is 4.86. The Morgan fingerprint density at radius 2 is 2.00 bits per heavy atom. The van der Waals surface area contributed by atoms with E-state index >= 15 is 0 Å². The maximum atomic E-state index is 12.1. The van der Waals surface area contributed by atoms with Gasteiger partial charge in [-0.25, -0.2) is 0 Å². The quantitative estimate of drug-likeness (QED) is 0.361. The van der Waals surface area contributed by atoms with E-state index in [0.29, 0.717) is 6.42 Å². The van der Waals surface area contributed by atoms with Crippen LogP contribution in [0.1, 0.15) is 44.2 Å². The van der Waals surface area contributed by atoms with E-state index in [2.05, 4.69) is 12.2 Å². The molecule has 1 aliphatic rings. The summed E-state index contributed by atoms with van der Waals surface area (Å²) in [6.45, 7) is 2.09. The van der Waals surface area contributed by atoms with E-state index in [1.807, 2.05) is 30.3 Å². The molecule has 6 nitrogen and oxygen atoms in total. The molecule has 1 N–H and O–H groups in total. The van der Waals surface area contributed by atoms with Gasteiger partial charge < -0.3 is 4.74 Å². The smallest absolute Gasteiger partial charge is 0.323 e. The molecule has 0 bridgehead atoms. The number of methoxy groups -OCH3 is 1. The first-order chi connectivity index (χ1) is 11.1. The van der Waals surface area contributed by atoms with Crippen LogP contribution in [0.4, 0.5) is 0 Å². The Morgan fingerprint density at radius 1 is 1.30 bits per heavy atom. The Morgan fingerprint density at radius 3 is 2.57 bits per heavy atom. The normalized spacial score (nSPS) is 26.9. The number of hydrogen-bond acceptors (Lipinski definition) is 5.